The van der Waals surface area contributed by atoms with Crippen molar-refractivity contribution in [3.63, 3.8) is 0 Å². The zero-order chi connectivity index (χ0) is 14.6. The average molecular weight is 314 g/mol. The monoisotopic (exact) mass is 314 g/mol. The molecule has 0 bridgehead atoms. The molecule has 1 heterocycles. The summed E-state index contributed by atoms with van der Waals surface area (Å²) >= 11 is 1.31. The SMILES string of the molecule is NCc1sccc1S(=O)(=O)NCCc1cccc(F)c1. The van der Waals surface area contributed by atoms with Gasteiger partial charge in [0.05, 0.1) is 4.90 Å². The van der Waals surface area contributed by atoms with Crippen LogP contribution in [0.25, 0.3) is 0 Å². The molecule has 7 heteroatoms. The van der Waals surface area contributed by atoms with E-state index in [1.807, 2.05) is 0 Å². The molecule has 4 nitrogen and oxygen atoms in total. The number of sulfonamides is 1. The van der Waals surface area contributed by atoms with Gasteiger partial charge in [-0.3, -0.25) is 0 Å². The van der Waals surface area contributed by atoms with Crippen molar-refractivity contribution in [2.24, 2.45) is 5.73 Å². The van der Waals surface area contributed by atoms with E-state index in [4.69, 9.17) is 5.73 Å². The Kier molecular flexibility index (Phi) is 4.87. The molecule has 0 amide bonds. The lowest BCUT2D eigenvalue weighted by molar-refractivity contribution is 0.581. The molecule has 0 fully saturated rings. The van der Waals surface area contributed by atoms with Gasteiger partial charge in [0.2, 0.25) is 10.0 Å². The number of nitrogens with two attached hydrogens (primary N) is 1. The van der Waals surface area contributed by atoms with Crippen LogP contribution < -0.4 is 10.5 Å². The van der Waals surface area contributed by atoms with Crippen LogP contribution in [0.2, 0.25) is 0 Å². The zero-order valence-corrected chi connectivity index (χ0v) is 12.3. The van der Waals surface area contributed by atoms with Crippen molar-refractivity contribution in [3.8, 4) is 0 Å². The van der Waals surface area contributed by atoms with Crippen molar-refractivity contribution in [2.45, 2.75) is 17.9 Å². The molecule has 0 radical (unpaired) electrons. The van der Waals surface area contributed by atoms with Crippen LogP contribution in [0.15, 0.2) is 40.6 Å². The van der Waals surface area contributed by atoms with Crippen LogP contribution in [0.3, 0.4) is 0 Å². The maximum Gasteiger partial charge on any atom is 0.241 e. The third kappa shape index (κ3) is 3.63. The van der Waals surface area contributed by atoms with Crippen molar-refractivity contribution >= 4 is 21.4 Å². The van der Waals surface area contributed by atoms with Gasteiger partial charge >= 0.3 is 0 Å². The van der Waals surface area contributed by atoms with E-state index >= 15 is 0 Å². The predicted molar refractivity (Wildman–Crippen MR) is 77.5 cm³/mol. The van der Waals surface area contributed by atoms with Gasteiger partial charge in [0.25, 0.3) is 0 Å². The lowest BCUT2D eigenvalue weighted by Crippen LogP contribution is -2.26. The van der Waals surface area contributed by atoms with Crippen LogP contribution in [0.1, 0.15) is 10.4 Å². The van der Waals surface area contributed by atoms with Crippen molar-refractivity contribution in [1.82, 2.24) is 4.72 Å². The fourth-order valence-corrected chi connectivity index (χ4v) is 4.18. The van der Waals surface area contributed by atoms with Gasteiger partial charge in [-0.1, -0.05) is 12.1 Å². The highest BCUT2D eigenvalue weighted by Crippen LogP contribution is 2.20. The Morgan fingerprint density at radius 3 is 2.80 bits per heavy atom. The summed E-state index contributed by atoms with van der Waals surface area (Å²) in [5.41, 5.74) is 6.25. The molecule has 1 aromatic heterocycles. The molecule has 0 saturated carbocycles. The van der Waals surface area contributed by atoms with Crippen molar-refractivity contribution in [3.05, 3.63) is 52.0 Å². The first kappa shape index (κ1) is 15.1. The van der Waals surface area contributed by atoms with Crippen LogP contribution in [-0.4, -0.2) is 15.0 Å². The number of halogens is 1. The maximum atomic E-state index is 13.0. The van der Waals surface area contributed by atoms with Crippen LogP contribution in [0, 0.1) is 5.82 Å². The molecule has 0 spiro atoms. The molecule has 0 aliphatic rings. The summed E-state index contributed by atoms with van der Waals surface area (Å²) in [6.45, 7) is 0.406. The summed E-state index contributed by atoms with van der Waals surface area (Å²) in [6.07, 6.45) is 0.430. The second kappa shape index (κ2) is 6.45. The fraction of sp³-hybridized carbons (Fsp3) is 0.231. The Labute approximate surface area is 121 Å². The average Bonchev–Trinajstić information content (AvgIpc) is 2.87. The van der Waals surface area contributed by atoms with E-state index in [2.05, 4.69) is 4.72 Å². The highest BCUT2D eigenvalue weighted by Gasteiger charge is 2.18. The Bertz CT molecular complexity index is 683. The van der Waals surface area contributed by atoms with Crippen LogP contribution in [-0.2, 0) is 23.0 Å². The third-order valence-corrected chi connectivity index (χ3v) is 5.39. The van der Waals surface area contributed by atoms with Gasteiger partial charge < -0.3 is 5.73 Å². The minimum Gasteiger partial charge on any atom is -0.326 e. The van der Waals surface area contributed by atoms with Gasteiger partial charge in [0, 0.05) is 18.0 Å². The van der Waals surface area contributed by atoms with Crippen molar-refractivity contribution < 1.29 is 12.8 Å². The summed E-state index contributed by atoms with van der Waals surface area (Å²) < 4.78 is 39.7. The van der Waals surface area contributed by atoms with Gasteiger partial charge in [-0.15, -0.1) is 11.3 Å². The first-order chi connectivity index (χ1) is 9.53. The maximum absolute atomic E-state index is 13.0. The topological polar surface area (TPSA) is 72.2 Å². The highest BCUT2D eigenvalue weighted by atomic mass is 32.2. The van der Waals surface area contributed by atoms with Crippen LogP contribution in [0.5, 0.6) is 0 Å². The van der Waals surface area contributed by atoms with E-state index in [0.717, 1.165) is 5.56 Å². The van der Waals surface area contributed by atoms with E-state index < -0.39 is 10.0 Å². The lowest BCUT2D eigenvalue weighted by atomic mass is 10.1. The van der Waals surface area contributed by atoms with Gasteiger partial charge in [-0.2, -0.15) is 0 Å². The van der Waals surface area contributed by atoms with E-state index in [-0.39, 0.29) is 23.8 Å². The number of nitrogens with one attached hydrogen (secondary N) is 1. The summed E-state index contributed by atoms with van der Waals surface area (Å²) in [5.74, 6) is -0.325. The summed E-state index contributed by atoms with van der Waals surface area (Å²) in [4.78, 5) is 0.854. The Morgan fingerprint density at radius 2 is 2.10 bits per heavy atom. The molecule has 3 N–H and O–H groups in total. The number of thiophene rings is 1. The molecule has 20 heavy (non-hydrogen) atoms. The highest BCUT2D eigenvalue weighted by molar-refractivity contribution is 7.89. The third-order valence-electron chi connectivity index (χ3n) is 2.77. The quantitative estimate of drug-likeness (QED) is 0.855. The Balaban J connectivity index is 2.00. The van der Waals surface area contributed by atoms with Gasteiger partial charge in [0.1, 0.15) is 5.82 Å². The largest absolute Gasteiger partial charge is 0.326 e. The lowest BCUT2D eigenvalue weighted by Gasteiger charge is -2.07. The van der Waals surface area contributed by atoms with Crippen LogP contribution in [0.4, 0.5) is 4.39 Å². The molecule has 2 aromatic rings. The number of hydrogen-bond acceptors (Lipinski definition) is 4. The van der Waals surface area contributed by atoms with Gasteiger partial charge in [-0.25, -0.2) is 17.5 Å². The second-order valence-corrected chi connectivity index (χ2v) is 6.93. The predicted octanol–water partition coefficient (Wildman–Crippen LogP) is 1.87. The minimum atomic E-state index is -3.55. The fourth-order valence-electron chi connectivity index (χ4n) is 1.82. The van der Waals surface area contributed by atoms with Gasteiger partial charge in [0.15, 0.2) is 0 Å². The smallest absolute Gasteiger partial charge is 0.241 e. The molecule has 0 unspecified atom stereocenters. The standard InChI is InChI=1S/C13H15FN2O2S2/c14-11-3-1-2-10(8-11)4-6-16-20(17,18)13-5-7-19-12(13)9-15/h1-3,5,7-8,16H,4,6,9,15H2. The molecule has 0 atom stereocenters. The van der Waals surface area contributed by atoms with E-state index in [0.29, 0.717) is 11.3 Å². The summed E-state index contributed by atoms with van der Waals surface area (Å²) in [7, 11) is -3.55. The number of benzene rings is 1. The minimum absolute atomic E-state index is 0.192. The Hall–Kier alpha value is -1.28. The number of hydrogen-bond donors (Lipinski definition) is 2. The first-order valence-corrected chi connectivity index (χ1v) is 8.40. The second-order valence-electron chi connectivity index (χ2n) is 4.19. The van der Waals surface area contributed by atoms with Crippen molar-refractivity contribution in [1.29, 1.82) is 0 Å². The molecule has 1 aromatic carbocycles. The molecule has 0 aliphatic carbocycles. The molecule has 0 aliphatic heterocycles. The van der Waals surface area contributed by atoms with Crippen LogP contribution >= 0.6 is 11.3 Å². The van der Waals surface area contributed by atoms with E-state index in [1.54, 1.807) is 17.5 Å². The molecular formula is C13H15FN2O2S2. The van der Waals surface area contributed by atoms with E-state index in [9.17, 15) is 12.8 Å². The van der Waals surface area contributed by atoms with Crippen molar-refractivity contribution in [2.75, 3.05) is 6.54 Å². The summed E-state index contributed by atoms with van der Waals surface area (Å²) in [5, 5.41) is 1.70. The molecular weight excluding hydrogens is 299 g/mol. The van der Waals surface area contributed by atoms with Gasteiger partial charge in [-0.05, 0) is 35.6 Å². The molecule has 108 valence electrons. The summed E-state index contributed by atoms with van der Waals surface area (Å²) in [6, 6.07) is 7.64. The normalized spacial score (nSPS) is 11.7. The van der Waals surface area contributed by atoms with E-state index in [1.165, 1.54) is 29.5 Å². The Morgan fingerprint density at radius 1 is 1.30 bits per heavy atom. The molecule has 2 rings (SSSR count). The number of rotatable bonds is 6. The first-order valence-electron chi connectivity index (χ1n) is 6.03. The zero-order valence-electron chi connectivity index (χ0n) is 10.7. The molecule has 0 saturated heterocycles.